The maximum Gasteiger partial charge on any atom is 0.320 e. The Morgan fingerprint density at radius 1 is 1.04 bits per heavy atom. The number of likely N-dealkylation sites (tertiary alicyclic amines) is 2. The summed E-state index contributed by atoms with van der Waals surface area (Å²) in [5, 5.41) is 5.61. The first-order valence-corrected chi connectivity index (χ1v) is 10.0. The number of nitrogens with one attached hydrogen (secondary N) is 2. The fraction of sp³-hybridized carbons (Fsp3) is 0.550. The molecule has 0 spiro atoms. The number of hydrogen-bond donors (Lipinski definition) is 3. The lowest BCUT2D eigenvalue weighted by atomic mass is 9.97. The first kappa shape index (κ1) is 20.1. The van der Waals surface area contributed by atoms with Crippen molar-refractivity contribution in [2.24, 2.45) is 11.7 Å². The number of amides is 4. The third kappa shape index (κ3) is 4.81. The van der Waals surface area contributed by atoms with Crippen molar-refractivity contribution in [1.82, 2.24) is 15.1 Å². The monoisotopic (exact) mass is 387 g/mol. The fourth-order valence-electron chi connectivity index (χ4n) is 3.78. The second kappa shape index (κ2) is 9.54. The summed E-state index contributed by atoms with van der Waals surface area (Å²) in [5.41, 5.74) is 6.32. The van der Waals surface area contributed by atoms with E-state index >= 15 is 0 Å². The summed E-state index contributed by atoms with van der Waals surface area (Å²) in [7, 11) is 0. The summed E-state index contributed by atoms with van der Waals surface area (Å²) in [6, 6.07) is 6.96. The molecule has 152 valence electrons. The van der Waals surface area contributed by atoms with Crippen molar-refractivity contribution in [3.05, 3.63) is 29.8 Å². The standard InChI is InChI=1S/C20H29N5O3/c21-9-10-22-19(27)16-7-1-2-8-17(16)23-18(26)15-6-5-13-25(14-15)20(28)24-11-3-4-12-24/h1-2,7-8,15H,3-6,9-14,21H2,(H,22,27)(H,23,26). The van der Waals surface area contributed by atoms with Crippen LogP contribution in [0.3, 0.4) is 0 Å². The minimum atomic E-state index is -0.277. The molecule has 2 aliphatic rings. The molecular weight excluding hydrogens is 358 g/mol. The predicted octanol–water partition coefficient (Wildman–Crippen LogP) is 1.24. The van der Waals surface area contributed by atoms with Gasteiger partial charge in [0.25, 0.3) is 5.91 Å². The molecule has 2 saturated heterocycles. The van der Waals surface area contributed by atoms with E-state index in [9.17, 15) is 14.4 Å². The molecule has 3 rings (SSSR count). The van der Waals surface area contributed by atoms with E-state index < -0.39 is 0 Å². The maximum absolute atomic E-state index is 12.8. The molecule has 28 heavy (non-hydrogen) atoms. The van der Waals surface area contributed by atoms with Gasteiger partial charge in [0.05, 0.1) is 17.2 Å². The number of para-hydroxylation sites is 1. The molecule has 1 unspecified atom stereocenters. The molecule has 2 fully saturated rings. The van der Waals surface area contributed by atoms with Crippen LogP contribution in [-0.2, 0) is 4.79 Å². The highest BCUT2D eigenvalue weighted by atomic mass is 16.2. The molecule has 2 heterocycles. The molecule has 4 amide bonds. The number of carbonyl (C=O) groups is 3. The fourth-order valence-corrected chi connectivity index (χ4v) is 3.78. The van der Waals surface area contributed by atoms with E-state index in [0.717, 1.165) is 38.8 Å². The largest absolute Gasteiger partial charge is 0.351 e. The summed E-state index contributed by atoms with van der Waals surface area (Å²) < 4.78 is 0. The van der Waals surface area contributed by atoms with Crippen molar-refractivity contribution >= 4 is 23.5 Å². The van der Waals surface area contributed by atoms with Crippen LogP contribution >= 0.6 is 0 Å². The van der Waals surface area contributed by atoms with Crippen molar-refractivity contribution in [2.75, 3.05) is 44.6 Å². The minimum Gasteiger partial charge on any atom is -0.351 e. The SMILES string of the molecule is NCCNC(=O)c1ccccc1NC(=O)C1CCCN(C(=O)N2CCCC2)C1. The summed E-state index contributed by atoms with van der Waals surface area (Å²) >= 11 is 0. The average Bonchev–Trinajstić information content (AvgIpc) is 3.27. The van der Waals surface area contributed by atoms with Gasteiger partial charge in [-0.25, -0.2) is 4.79 Å². The zero-order chi connectivity index (χ0) is 19.9. The van der Waals surface area contributed by atoms with E-state index in [1.807, 2.05) is 4.90 Å². The molecule has 1 atom stereocenters. The highest BCUT2D eigenvalue weighted by Crippen LogP contribution is 2.22. The van der Waals surface area contributed by atoms with Gasteiger partial charge in [-0.05, 0) is 37.8 Å². The van der Waals surface area contributed by atoms with E-state index in [1.54, 1.807) is 29.2 Å². The lowest BCUT2D eigenvalue weighted by molar-refractivity contribution is -0.121. The summed E-state index contributed by atoms with van der Waals surface area (Å²) in [4.78, 5) is 41.4. The Morgan fingerprint density at radius 3 is 2.50 bits per heavy atom. The number of rotatable bonds is 5. The molecule has 0 bridgehead atoms. The predicted molar refractivity (Wildman–Crippen MR) is 107 cm³/mol. The first-order valence-electron chi connectivity index (χ1n) is 10.0. The van der Waals surface area contributed by atoms with Crippen LogP contribution in [0.5, 0.6) is 0 Å². The molecule has 1 aromatic rings. The maximum atomic E-state index is 12.8. The van der Waals surface area contributed by atoms with Gasteiger partial charge in [0.2, 0.25) is 5.91 Å². The normalized spacial score (nSPS) is 19.4. The Balaban J connectivity index is 1.63. The first-order chi connectivity index (χ1) is 13.6. The van der Waals surface area contributed by atoms with E-state index in [-0.39, 0.29) is 23.8 Å². The van der Waals surface area contributed by atoms with Crippen molar-refractivity contribution in [1.29, 1.82) is 0 Å². The second-order valence-corrected chi connectivity index (χ2v) is 7.34. The van der Waals surface area contributed by atoms with Gasteiger partial charge in [0.15, 0.2) is 0 Å². The van der Waals surface area contributed by atoms with Gasteiger partial charge in [0.1, 0.15) is 0 Å². The number of hydrogen-bond acceptors (Lipinski definition) is 4. The number of urea groups is 1. The number of nitrogens with two attached hydrogens (primary N) is 1. The summed E-state index contributed by atoms with van der Waals surface area (Å²) in [6.07, 6.45) is 3.63. The number of anilines is 1. The molecule has 8 heteroatoms. The Kier molecular flexibility index (Phi) is 6.86. The average molecular weight is 387 g/mol. The molecule has 8 nitrogen and oxygen atoms in total. The molecule has 0 saturated carbocycles. The van der Waals surface area contributed by atoms with Crippen LogP contribution in [-0.4, -0.2) is 66.9 Å². The van der Waals surface area contributed by atoms with Gasteiger partial charge in [-0.2, -0.15) is 0 Å². The highest BCUT2D eigenvalue weighted by Gasteiger charge is 2.31. The van der Waals surface area contributed by atoms with Crippen LogP contribution in [0.4, 0.5) is 10.5 Å². The van der Waals surface area contributed by atoms with Crippen LogP contribution in [0, 0.1) is 5.92 Å². The van der Waals surface area contributed by atoms with E-state index in [1.165, 1.54) is 0 Å². The van der Waals surface area contributed by atoms with Crippen LogP contribution < -0.4 is 16.4 Å². The number of benzene rings is 1. The molecule has 0 aromatic heterocycles. The smallest absolute Gasteiger partial charge is 0.320 e. The van der Waals surface area contributed by atoms with Crippen LogP contribution in [0.1, 0.15) is 36.0 Å². The zero-order valence-corrected chi connectivity index (χ0v) is 16.2. The summed E-state index contributed by atoms with van der Waals surface area (Å²) in [6.45, 7) is 3.44. The van der Waals surface area contributed by atoms with Crippen molar-refractivity contribution in [2.45, 2.75) is 25.7 Å². The Labute approximate surface area is 165 Å². The van der Waals surface area contributed by atoms with Gasteiger partial charge in [-0.1, -0.05) is 12.1 Å². The lowest BCUT2D eigenvalue weighted by Crippen LogP contribution is -2.48. The molecule has 1 aromatic carbocycles. The topological polar surface area (TPSA) is 108 Å². The Bertz CT molecular complexity index is 718. The van der Waals surface area contributed by atoms with Crippen molar-refractivity contribution in [3.8, 4) is 0 Å². The van der Waals surface area contributed by atoms with E-state index in [4.69, 9.17) is 5.73 Å². The number of carbonyl (C=O) groups excluding carboxylic acids is 3. The number of piperidine rings is 1. The number of nitrogens with zero attached hydrogens (tertiary/aromatic N) is 2. The van der Waals surface area contributed by atoms with Gasteiger partial charge in [-0.15, -0.1) is 0 Å². The van der Waals surface area contributed by atoms with Gasteiger partial charge < -0.3 is 26.2 Å². The quantitative estimate of drug-likeness (QED) is 0.706. The van der Waals surface area contributed by atoms with Gasteiger partial charge in [0, 0.05) is 39.3 Å². The van der Waals surface area contributed by atoms with E-state index in [0.29, 0.717) is 37.4 Å². The van der Waals surface area contributed by atoms with Crippen LogP contribution in [0.25, 0.3) is 0 Å². The highest BCUT2D eigenvalue weighted by molar-refractivity contribution is 6.04. The van der Waals surface area contributed by atoms with Gasteiger partial charge in [-0.3, -0.25) is 9.59 Å². The molecule has 0 aliphatic carbocycles. The van der Waals surface area contributed by atoms with Crippen molar-refractivity contribution < 1.29 is 14.4 Å². The van der Waals surface area contributed by atoms with E-state index in [2.05, 4.69) is 10.6 Å². The minimum absolute atomic E-state index is 0.0385. The molecule has 0 radical (unpaired) electrons. The Hall–Kier alpha value is -2.61. The third-order valence-electron chi connectivity index (χ3n) is 5.30. The van der Waals surface area contributed by atoms with Crippen LogP contribution in [0.2, 0.25) is 0 Å². The summed E-state index contributed by atoms with van der Waals surface area (Å²) in [5.74, 6) is -0.700. The molecule has 4 N–H and O–H groups in total. The van der Waals surface area contributed by atoms with Crippen molar-refractivity contribution in [3.63, 3.8) is 0 Å². The molecule has 2 aliphatic heterocycles. The van der Waals surface area contributed by atoms with Crippen LogP contribution in [0.15, 0.2) is 24.3 Å². The lowest BCUT2D eigenvalue weighted by Gasteiger charge is -2.34. The Morgan fingerprint density at radius 2 is 1.75 bits per heavy atom. The zero-order valence-electron chi connectivity index (χ0n) is 16.2. The molecular formula is C20H29N5O3. The second-order valence-electron chi connectivity index (χ2n) is 7.34. The van der Waals surface area contributed by atoms with Gasteiger partial charge >= 0.3 is 6.03 Å². The third-order valence-corrected chi connectivity index (χ3v) is 5.30.